The smallest absolute Gasteiger partial charge is 0.264 e. The topological polar surface area (TPSA) is 72.1 Å². The predicted molar refractivity (Wildman–Crippen MR) is 128 cm³/mol. The number of alkyl halides is 2. The van der Waals surface area contributed by atoms with Crippen molar-refractivity contribution in [3.63, 3.8) is 0 Å². The minimum Gasteiger partial charge on any atom is -0.339 e. The fraction of sp³-hybridized carbons (Fsp3) is 0.360. The maximum atomic E-state index is 14.0. The van der Waals surface area contributed by atoms with Crippen LogP contribution in [0.3, 0.4) is 0 Å². The van der Waals surface area contributed by atoms with Crippen LogP contribution in [0.4, 0.5) is 8.78 Å². The Hall–Kier alpha value is -3.66. The summed E-state index contributed by atoms with van der Waals surface area (Å²) in [6.45, 7) is 5.14. The number of aryl methyl sites for hydroxylation is 2. The van der Waals surface area contributed by atoms with Gasteiger partial charge >= 0.3 is 0 Å². The number of benzene rings is 1. The van der Waals surface area contributed by atoms with Gasteiger partial charge in [-0.1, -0.05) is 30.3 Å². The largest absolute Gasteiger partial charge is 0.339 e. The van der Waals surface area contributed by atoms with Crippen molar-refractivity contribution in [1.29, 1.82) is 0 Å². The molecule has 0 unspecified atom stereocenters. The van der Waals surface area contributed by atoms with Crippen LogP contribution in [0.1, 0.15) is 23.2 Å². The van der Waals surface area contributed by atoms with E-state index >= 15 is 0 Å². The number of halogens is 2. The molecule has 0 radical (unpaired) electrons. The average molecular weight is 480 g/mol. The van der Waals surface area contributed by atoms with Crippen molar-refractivity contribution >= 4 is 16.9 Å². The van der Waals surface area contributed by atoms with E-state index < -0.39 is 6.43 Å². The van der Waals surface area contributed by atoms with Gasteiger partial charge in [0.25, 0.3) is 6.43 Å². The summed E-state index contributed by atoms with van der Waals surface area (Å²) in [6.07, 6.45) is 1.17. The zero-order valence-electron chi connectivity index (χ0n) is 19.7. The molecule has 4 aromatic rings. The van der Waals surface area contributed by atoms with E-state index in [4.69, 9.17) is 0 Å². The van der Waals surface area contributed by atoms with Crippen molar-refractivity contribution in [1.82, 2.24) is 34.3 Å². The molecule has 0 aliphatic carbocycles. The molecule has 1 amide bonds. The number of amides is 1. The Labute approximate surface area is 201 Å². The molecule has 1 aliphatic rings. The Morgan fingerprint density at radius 3 is 2.51 bits per heavy atom. The van der Waals surface area contributed by atoms with Crippen molar-refractivity contribution in [3.05, 3.63) is 65.6 Å². The molecule has 0 N–H and O–H groups in total. The van der Waals surface area contributed by atoms with Gasteiger partial charge in [0.05, 0.1) is 23.0 Å². The normalized spacial score (nSPS) is 14.8. The van der Waals surface area contributed by atoms with Crippen LogP contribution in [0.5, 0.6) is 0 Å². The third-order valence-corrected chi connectivity index (χ3v) is 6.39. The molecular weight excluding hydrogens is 452 g/mol. The summed E-state index contributed by atoms with van der Waals surface area (Å²) in [7, 11) is 1.89. The molecule has 0 spiro atoms. The van der Waals surface area contributed by atoms with Gasteiger partial charge in [-0.15, -0.1) is 0 Å². The van der Waals surface area contributed by atoms with Gasteiger partial charge in [0.15, 0.2) is 5.65 Å². The molecule has 4 heterocycles. The van der Waals surface area contributed by atoms with E-state index in [1.54, 1.807) is 16.5 Å². The third kappa shape index (κ3) is 4.79. The molecule has 182 valence electrons. The summed E-state index contributed by atoms with van der Waals surface area (Å²) in [5.41, 5.74) is 2.94. The standard InChI is InChI=1S/C25H27F2N7O/c1-17-23-20(24(26)27)12-21(19-6-4-3-5-7-19)29-25(23)34(30-17)16-22(35)33-10-8-32(9-11-33)15-18-13-28-31(2)14-18/h3-7,12-14,24H,8-11,15-16H2,1-2H3. The Morgan fingerprint density at radius 2 is 1.86 bits per heavy atom. The summed E-state index contributed by atoms with van der Waals surface area (Å²) in [6, 6.07) is 10.6. The first kappa shape index (κ1) is 23.1. The molecule has 35 heavy (non-hydrogen) atoms. The van der Waals surface area contributed by atoms with Crippen LogP contribution in [0.25, 0.3) is 22.3 Å². The fourth-order valence-corrected chi connectivity index (χ4v) is 4.62. The number of carbonyl (C=O) groups is 1. The van der Waals surface area contributed by atoms with Crippen LogP contribution >= 0.6 is 0 Å². The van der Waals surface area contributed by atoms with Crippen LogP contribution in [0, 0.1) is 6.92 Å². The summed E-state index contributed by atoms with van der Waals surface area (Å²) in [5.74, 6) is -0.0964. The van der Waals surface area contributed by atoms with Crippen molar-refractivity contribution in [2.45, 2.75) is 26.4 Å². The van der Waals surface area contributed by atoms with Crippen LogP contribution in [0.2, 0.25) is 0 Å². The molecule has 0 bridgehead atoms. The van der Waals surface area contributed by atoms with E-state index in [0.717, 1.165) is 30.8 Å². The third-order valence-electron chi connectivity index (χ3n) is 6.39. The van der Waals surface area contributed by atoms with Gasteiger partial charge in [-0.05, 0) is 13.0 Å². The minimum atomic E-state index is -2.68. The van der Waals surface area contributed by atoms with E-state index in [-0.39, 0.29) is 18.0 Å². The maximum Gasteiger partial charge on any atom is 0.264 e. The number of fused-ring (bicyclic) bond motifs is 1. The summed E-state index contributed by atoms with van der Waals surface area (Å²) in [4.78, 5) is 21.9. The first-order chi connectivity index (χ1) is 16.9. The second kappa shape index (κ2) is 9.53. The van der Waals surface area contributed by atoms with Crippen molar-refractivity contribution in [3.8, 4) is 11.3 Å². The van der Waals surface area contributed by atoms with E-state index in [1.165, 1.54) is 10.7 Å². The molecule has 1 fully saturated rings. The van der Waals surface area contributed by atoms with Crippen LogP contribution in [-0.2, 0) is 24.9 Å². The molecule has 5 rings (SSSR count). The number of piperazine rings is 1. The van der Waals surface area contributed by atoms with Crippen molar-refractivity contribution < 1.29 is 13.6 Å². The van der Waals surface area contributed by atoms with Gasteiger partial charge in [0.2, 0.25) is 5.91 Å². The molecule has 1 saturated heterocycles. The van der Waals surface area contributed by atoms with Crippen molar-refractivity contribution in [2.24, 2.45) is 7.05 Å². The van der Waals surface area contributed by atoms with E-state index in [1.807, 2.05) is 49.8 Å². The monoisotopic (exact) mass is 479 g/mol. The second-order valence-electron chi connectivity index (χ2n) is 8.88. The van der Waals surface area contributed by atoms with Gasteiger partial charge in [0, 0.05) is 62.7 Å². The molecule has 1 aliphatic heterocycles. The van der Waals surface area contributed by atoms with Gasteiger partial charge in [-0.3, -0.25) is 14.4 Å². The van der Waals surface area contributed by atoms with E-state index in [9.17, 15) is 13.6 Å². The highest BCUT2D eigenvalue weighted by molar-refractivity contribution is 5.87. The van der Waals surface area contributed by atoms with Crippen LogP contribution in [-0.4, -0.2) is 66.4 Å². The molecule has 1 aromatic carbocycles. The number of hydrogen-bond donors (Lipinski definition) is 0. The van der Waals surface area contributed by atoms with Crippen molar-refractivity contribution in [2.75, 3.05) is 26.2 Å². The molecule has 3 aromatic heterocycles. The lowest BCUT2D eigenvalue weighted by molar-refractivity contribution is -0.133. The maximum absolute atomic E-state index is 14.0. The highest BCUT2D eigenvalue weighted by atomic mass is 19.3. The van der Waals surface area contributed by atoms with E-state index in [0.29, 0.717) is 35.5 Å². The number of aromatic nitrogens is 5. The number of rotatable bonds is 6. The predicted octanol–water partition coefficient (Wildman–Crippen LogP) is 3.42. The minimum absolute atomic E-state index is 0.0408. The number of nitrogens with zero attached hydrogens (tertiary/aromatic N) is 7. The molecular formula is C25H27F2N7O. The number of hydrogen-bond acceptors (Lipinski definition) is 5. The quantitative estimate of drug-likeness (QED) is 0.424. The Bertz CT molecular complexity index is 1340. The van der Waals surface area contributed by atoms with E-state index in [2.05, 4.69) is 20.1 Å². The molecule has 0 saturated carbocycles. The molecule has 10 heteroatoms. The van der Waals surface area contributed by atoms with Gasteiger partial charge in [-0.2, -0.15) is 10.2 Å². The number of pyridine rings is 1. The lowest BCUT2D eigenvalue weighted by Gasteiger charge is -2.34. The lowest BCUT2D eigenvalue weighted by atomic mass is 10.1. The van der Waals surface area contributed by atoms with Gasteiger partial charge < -0.3 is 4.90 Å². The molecule has 8 nitrogen and oxygen atoms in total. The summed E-state index contributed by atoms with van der Waals surface area (Å²) >= 11 is 0. The highest BCUT2D eigenvalue weighted by Crippen LogP contribution is 2.33. The van der Waals surface area contributed by atoms with Gasteiger partial charge in [-0.25, -0.2) is 18.4 Å². The summed E-state index contributed by atoms with van der Waals surface area (Å²) < 4.78 is 31.2. The first-order valence-electron chi connectivity index (χ1n) is 11.6. The fourth-order valence-electron chi connectivity index (χ4n) is 4.62. The zero-order valence-corrected chi connectivity index (χ0v) is 19.7. The Kier molecular flexibility index (Phi) is 6.29. The lowest BCUT2D eigenvalue weighted by Crippen LogP contribution is -2.49. The summed E-state index contributed by atoms with van der Waals surface area (Å²) in [5, 5.41) is 8.95. The Morgan fingerprint density at radius 1 is 1.11 bits per heavy atom. The highest BCUT2D eigenvalue weighted by Gasteiger charge is 2.25. The zero-order chi connectivity index (χ0) is 24.5. The number of carbonyl (C=O) groups excluding carboxylic acids is 1. The Balaban J connectivity index is 1.35. The van der Waals surface area contributed by atoms with Crippen LogP contribution < -0.4 is 0 Å². The second-order valence-corrected chi connectivity index (χ2v) is 8.88. The van der Waals surface area contributed by atoms with Crippen LogP contribution in [0.15, 0.2) is 48.8 Å². The first-order valence-corrected chi connectivity index (χ1v) is 11.6. The SMILES string of the molecule is Cc1nn(CC(=O)N2CCN(Cc3cnn(C)c3)CC2)c2nc(-c3ccccc3)cc(C(F)F)c12. The average Bonchev–Trinajstić information content (AvgIpc) is 3.41. The van der Waals surface area contributed by atoms with Gasteiger partial charge in [0.1, 0.15) is 6.54 Å². The molecule has 0 atom stereocenters.